The van der Waals surface area contributed by atoms with Crippen LogP contribution in [-0.2, 0) is 14.3 Å². The van der Waals surface area contributed by atoms with Crippen molar-refractivity contribution in [2.45, 2.75) is 45.6 Å². The molecule has 0 heterocycles. The van der Waals surface area contributed by atoms with E-state index in [4.69, 9.17) is 9.84 Å². The van der Waals surface area contributed by atoms with Crippen molar-refractivity contribution in [1.82, 2.24) is 10.2 Å². The zero-order valence-corrected chi connectivity index (χ0v) is 19.4. The van der Waals surface area contributed by atoms with Crippen LogP contribution < -0.4 is 5.32 Å². The van der Waals surface area contributed by atoms with Gasteiger partial charge >= 0.3 is 12.1 Å². The van der Waals surface area contributed by atoms with Crippen molar-refractivity contribution in [2.24, 2.45) is 5.92 Å². The largest absolute Gasteiger partial charge is 0.481 e. The van der Waals surface area contributed by atoms with E-state index >= 15 is 0 Å². The highest BCUT2D eigenvalue weighted by Gasteiger charge is 2.29. The molecule has 0 saturated heterocycles. The van der Waals surface area contributed by atoms with Crippen LogP contribution in [0.4, 0.5) is 4.79 Å². The number of fused-ring (bicyclic) bond motifs is 3. The lowest BCUT2D eigenvalue weighted by atomic mass is 9.98. The highest BCUT2D eigenvalue weighted by molar-refractivity contribution is 5.80. The summed E-state index contributed by atoms with van der Waals surface area (Å²) in [5.41, 5.74) is 4.65. The molecule has 2 N–H and O–H groups in total. The van der Waals surface area contributed by atoms with Crippen molar-refractivity contribution < 1.29 is 24.2 Å². The van der Waals surface area contributed by atoms with Crippen molar-refractivity contribution in [3.63, 3.8) is 0 Å². The number of ether oxygens (including phenoxy) is 1. The van der Waals surface area contributed by atoms with Crippen LogP contribution in [0.5, 0.6) is 0 Å². The van der Waals surface area contributed by atoms with Gasteiger partial charge in [0, 0.05) is 31.0 Å². The monoisotopic (exact) mass is 452 g/mol. The average Bonchev–Trinajstić information content (AvgIpc) is 3.11. The fraction of sp³-hybridized carbons (Fsp3) is 0.423. The molecule has 3 rings (SSSR count). The van der Waals surface area contributed by atoms with Gasteiger partial charge < -0.3 is 20.1 Å². The SMILES string of the molecule is CC(CCNC(=O)OCC1c2ccccc2-c2ccccc21)C(=O)N(CCC(=O)O)C(C)C. The Morgan fingerprint density at radius 2 is 1.58 bits per heavy atom. The number of alkyl carbamates (subject to hydrolysis) is 1. The molecule has 0 aromatic heterocycles. The molecule has 0 spiro atoms. The van der Waals surface area contributed by atoms with Gasteiger partial charge in [0.2, 0.25) is 5.91 Å². The highest BCUT2D eigenvalue weighted by Crippen LogP contribution is 2.44. The second kappa shape index (κ2) is 11.0. The van der Waals surface area contributed by atoms with Crippen LogP contribution in [0.15, 0.2) is 48.5 Å². The van der Waals surface area contributed by atoms with Crippen LogP contribution in [-0.4, -0.2) is 53.7 Å². The summed E-state index contributed by atoms with van der Waals surface area (Å²) in [4.78, 5) is 37.4. The molecule has 0 saturated carbocycles. The molecule has 2 aromatic rings. The van der Waals surface area contributed by atoms with Gasteiger partial charge in [0.1, 0.15) is 6.61 Å². The third kappa shape index (κ3) is 5.92. The lowest BCUT2D eigenvalue weighted by molar-refractivity contribution is -0.140. The average molecular weight is 453 g/mol. The van der Waals surface area contributed by atoms with Crippen LogP contribution in [0.3, 0.4) is 0 Å². The van der Waals surface area contributed by atoms with Gasteiger partial charge in [-0.05, 0) is 42.5 Å². The molecular weight excluding hydrogens is 420 g/mol. The molecule has 0 radical (unpaired) electrons. The van der Waals surface area contributed by atoms with E-state index in [9.17, 15) is 14.4 Å². The van der Waals surface area contributed by atoms with Gasteiger partial charge in [0.05, 0.1) is 6.42 Å². The van der Waals surface area contributed by atoms with Gasteiger partial charge in [0.25, 0.3) is 0 Å². The molecular formula is C26H32N2O5. The zero-order valence-electron chi connectivity index (χ0n) is 19.4. The fourth-order valence-corrected chi connectivity index (χ4v) is 4.29. The van der Waals surface area contributed by atoms with Crippen LogP contribution in [0.1, 0.15) is 50.7 Å². The number of carbonyl (C=O) groups is 3. The Bertz CT molecular complexity index is 958. The van der Waals surface area contributed by atoms with E-state index < -0.39 is 12.1 Å². The summed E-state index contributed by atoms with van der Waals surface area (Å²) < 4.78 is 5.52. The number of hydrogen-bond acceptors (Lipinski definition) is 4. The number of carboxylic acid groups (broad SMARTS) is 1. The van der Waals surface area contributed by atoms with Gasteiger partial charge in [-0.3, -0.25) is 9.59 Å². The minimum Gasteiger partial charge on any atom is -0.481 e. The maximum atomic E-state index is 12.7. The van der Waals surface area contributed by atoms with E-state index in [0.29, 0.717) is 13.0 Å². The third-order valence-corrected chi connectivity index (χ3v) is 6.08. The molecule has 2 amide bonds. The van der Waals surface area contributed by atoms with E-state index in [1.54, 1.807) is 11.8 Å². The number of benzene rings is 2. The lowest BCUT2D eigenvalue weighted by Crippen LogP contribution is -2.42. The topological polar surface area (TPSA) is 95.9 Å². The second-order valence-electron chi connectivity index (χ2n) is 8.71. The summed E-state index contributed by atoms with van der Waals surface area (Å²) >= 11 is 0. The first-order valence-electron chi connectivity index (χ1n) is 11.4. The van der Waals surface area contributed by atoms with E-state index in [-0.39, 0.29) is 43.4 Å². The molecule has 176 valence electrons. The third-order valence-electron chi connectivity index (χ3n) is 6.08. The normalized spacial score (nSPS) is 13.2. The molecule has 1 atom stereocenters. The van der Waals surface area contributed by atoms with E-state index in [1.807, 2.05) is 38.1 Å². The molecule has 2 aromatic carbocycles. The summed E-state index contributed by atoms with van der Waals surface area (Å²) in [6.45, 7) is 6.23. The van der Waals surface area contributed by atoms with Crippen LogP contribution in [0, 0.1) is 5.92 Å². The second-order valence-corrected chi connectivity index (χ2v) is 8.71. The van der Waals surface area contributed by atoms with Gasteiger partial charge in [-0.2, -0.15) is 0 Å². The van der Waals surface area contributed by atoms with Crippen LogP contribution in [0.25, 0.3) is 11.1 Å². The Morgan fingerprint density at radius 3 is 2.12 bits per heavy atom. The number of nitrogens with one attached hydrogen (secondary N) is 1. The van der Waals surface area contributed by atoms with Crippen molar-refractivity contribution in [3.05, 3.63) is 59.7 Å². The van der Waals surface area contributed by atoms with Gasteiger partial charge in [-0.15, -0.1) is 0 Å². The number of carbonyl (C=O) groups excluding carboxylic acids is 2. The lowest BCUT2D eigenvalue weighted by Gasteiger charge is -2.29. The first-order chi connectivity index (χ1) is 15.8. The van der Waals surface area contributed by atoms with Crippen LogP contribution >= 0.6 is 0 Å². The Hall–Kier alpha value is -3.35. The first-order valence-corrected chi connectivity index (χ1v) is 11.4. The molecule has 1 unspecified atom stereocenters. The highest BCUT2D eigenvalue weighted by atomic mass is 16.5. The summed E-state index contributed by atoms with van der Waals surface area (Å²) in [5.74, 6) is -1.38. The number of aliphatic carboxylic acids is 1. The molecule has 33 heavy (non-hydrogen) atoms. The number of rotatable bonds is 10. The van der Waals surface area contributed by atoms with E-state index in [0.717, 1.165) is 11.1 Å². The summed E-state index contributed by atoms with van der Waals surface area (Å²) in [6.07, 6.45) is -0.156. The minimum atomic E-state index is -0.932. The Labute approximate surface area is 194 Å². The number of hydrogen-bond donors (Lipinski definition) is 2. The maximum absolute atomic E-state index is 12.7. The Kier molecular flexibility index (Phi) is 8.09. The Balaban J connectivity index is 1.48. The van der Waals surface area contributed by atoms with E-state index in [1.165, 1.54) is 11.1 Å². The zero-order chi connectivity index (χ0) is 24.0. The molecule has 0 bridgehead atoms. The maximum Gasteiger partial charge on any atom is 0.407 e. The minimum absolute atomic E-state index is 0.00233. The van der Waals surface area contributed by atoms with Crippen molar-refractivity contribution >= 4 is 18.0 Å². The van der Waals surface area contributed by atoms with E-state index in [2.05, 4.69) is 29.6 Å². The predicted molar refractivity (Wildman–Crippen MR) is 126 cm³/mol. The molecule has 0 aliphatic heterocycles. The molecule has 1 aliphatic rings. The summed E-state index contributed by atoms with van der Waals surface area (Å²) in [7, 11) is 0. The fourth-order valence-electron chi connectivity index (χ4n) is 4.29. The molecule has 7 heteroatoms. The van der Waals surface area contributed by atoms with Gasteiger partial charge in [-0.1, -0.05) is 55.5 Å². The van der Waals surface area contributed by atoms with Gasteiger partial charge in [0.15, 0.2) is 0 Å². The molecule has 7 nitrogen and oxygen atoms in total. The van der Waals surface area contributed by atoms with Crippen molar-refractivity contribution in [1.29, 1.82) is 0 Å². The smallest absolute Gasteiger partial charge is 0.407 e. The molecule has 1 aliphatic carbocycles. The van der Waals surface area contributed by atoms with Crippen molar-refractivity contribution in [3.8, 4) is 11.1 Å². The quantitative estimate of drug-likeness (QED) is 0.561. The number of nitrogens with zero attached hydrogens (tertiary/aromatic N) is 1. The number of carboxylic acids is 1. The van der Waals surface area contributed by atoms with Crippen LogP contribution in [0.2, 0.25) is 0 Å². The first kappa shape index (κ1) is 24.3. The molecule has 0 fully saturated rings. The summed E-state index contributed by atoms with van der Waals surface area (Å²) in [5, 5.41) is 11.6. The predicted octanol–water partition coefficient (Wildman–Crippen LogP) is 4.26. The number of amides is 2. The van der Waals surface area contributed by atoms with Crippen molar-refractivity contribution in [2.75, 3.05) is 19.7 Å². The standard InChI is InChI=1S/C26H32N2O5/c1-17(2)28(15-13-24(29)30)25(31)18(3)12-14-27-26(32)33-16-23-21-10-6-4-8-19(21)20-9-5-7-11-22(20)23/h4-11,17-18,23H,12-16H2,1-3H3,(H,27,32)(H,29,30). The Morgan fingerprint density at radius 1 is 1.00 bits per heavy atom. The summed E-state index contributed by atoms with van der Waals surface area (Å²) in [6, 6.07) is 16.2. The van der Waals surface area contributed by atoms with Gasteiger partial charge in [-0.25, -0.2) is 4.79 Å².